The molecule has 0 saturated carbocycles. The van der Waals surface area contributed by atoms with Crippen LogP contribution in [0.3, 0.4) is 0 Å². The second-order valence-corrected chi connectivity index (χ2v) is 7.77. The number of hydrogen-bond acceptors (Lipinski definition) is 5. The van der Waals surface area contributed by atoms with Gasteiger partial charge in [-0.15, -0.1) is 0 Å². The van der Waals surface area contributed by atoms with Crippen LogP contribution in [0.25, 0.3) is 11.4 Å². The maximum Gasteiger partial charge on any atom is 0.177 e. The molecule has 0 radical (unpaired) electrons. The van der Waals surface area contributed by atoms with Crippen LogP contribution in [-0.4, -0.2) is 30.2 Å². The molecule has 144 valence electrons. The van der Waals surface area contributed by atoms with E-state index in [-0.39, 0.29) is 5.75 Å². The van der Waals surface area contributed by atoms with Crippen molar-refractivity contribution in [2.24, 2.45) is 0 Å². The molecule has 2 heterocycles. The van der Waals surface area contributed by atoms with Crippen LogP contribution in [0.1, 0.15) is 11.3 Å². The van der Waals surface area contributed by atoms with Crippen molar-refractivity contribution in [1.29, 1.82) is 0 Å². The van der Waals surface area contributed by atoms with E-state index in [4.69, 9.17) is 9.72 Å². The number of rotatable bonds is 4. The molecule has 0 spiro atoms. The van der Waals surface area contributed by atoms with Gasteiger partial charge in [0.2, 0.25) is 0 Å². The van der Waals surface area contributed by atoms with Gasteiger partial charge in [0.15, 0.2) is 23.2 Å². The van der Waals surface area contributed by atoms with E-state index in [1.807, 2.05) is 31.2 Å². The topological polar surface area (TPSA) is 50.3 Å². The minimum atomic E-state index is -0.438. The number of benzene rings is 2. The zero-order chi connectivity index (χ0) is 19.7. The maximum atomic E-state index is 15.0. The summed E-state index contributed by atoms with van der Waals surface area (Å²) in [4.78, 5) is 11.5. The summed E-state index contributed by atoms with van der Waals surface area (Å²) in [6, 6.07) is 13.8. The standard InChI is InChI=1S/C21H20FIN4O/c1-13-18-21(27(11-10-24-18)12-14-6-4-3-5-7-14)26-20(25-13)15-8-9-16(23)19(28-2)17(15)22/h3-9,24H,10-12H2,1-2H3. The number of ether oxygens (including phenoxy) is 1. The Kier molecular flexibility index (Phi) is 5.34. The molecular weight excluding hydrogens is 470 g/mol. The van der Waals surface area contributed by atoms with Crippen LogP contribution in [-0.2, 0) is 6.54 Å². The smallest absolute Gasteiger partial charge is 0.177 e. The van der Waals surface area contributed by atoms with Crippen molar-refractivity contribution in [3.05, 3.63) is 63.1 Å². The molecule has 0 fully saturated rings. The Morgan fingerprint density at radius 1 is 1.18 bits per heavy atom. The van der Waals surface area contributed by atoms with Crippen LogP contribution in [0.4, 0.5) is 15.9 Å². The molecule has 0 bridgehead atoms. The first kappa shape index (κ1) is 18.9. The number of methoxy groups -OCH3 is 1. The van der Waals surface area contributed by atoms with Gasteiger partial charge in [0.05, 0.1) is 27.6 Å². The van der Waals surface area contributed by atoms with E-state index in [2.05, 4.69) is 49.9 Å². The fourth-order valence-corrected chi connectivity index (χ4v) is 4.02. The second kappa shape index (κ2) is 7.90. The lowest BCUT2D eigenvalue weighted by Gasteiger charge is -2.32. The highest BCUT2D eigenvalue weighted by Gasteiger charge is 2.24. The molecular formula is C21H20FIN4O. The molecule has 0 amide bonds. The molecule has 28 heavy (non-hydrogen) atoms. The van der Waals surface area contributed by atoms with Gasteiger partial charge in [-0.1, -0.05) is 30.3 Å². The summed E-state index contributed by atoms with van der Waals surface area (Å²) in [5.41, 5.74) is 3.25. The van der Waals surface area contributed by atoms with Crippen molar-refractivity contribution < 1.29 is 9.13 Å². The van der Waals surface area contributed by atoms with E-state index < -0.39 is 5.82 Å². The van der Waals surface area contributed by atoms with Gasteiger partial charge in [-0.2, -0.15) is 0 Å². The Morgan fingerprint density at radius 2 is 1.96 bits per heavy atom. The van der Waals surface area contributed by atoms with Gasteiger partial charge in [0.25, 0.3) is 0 Å². The first-order valence-electron chi connectivity index (χ1n) is 9.02. The van der Waals surface area contributed by atoms with Crippen LogP contribution in [0, 0.1) is 16.3 Å². The number of halogens is 2. The minimum Gasteiger partial charge on any atom is -0.493 e. The SMILES string of the molecule is COc1c(I)ccc(-c2nc(C)c3c(n2)N(Cc2ccccc2)CCN3)c1F. The summed E-state index contributed by atoms with van der Waals surface area (Å²) in [7, 11) is 1.47. The van der Waals surface area contributed by atoms with Gasteiger partial charge >= 0.3 is 0 Å². The van der Waals surface area contributed by atoms with Gasteiger partial charge < -0.3 is 15.0 Å². The lowest BCUT2D eigenvalue weighted by molar-refractivity contribution is 0.384. The van der Waals surface area contributed by atoms with Crippen molar-refractivity contribution >= 4 is 34.1 Å². The Balaban J connectivity index is 1.79. The third kappa shape index (κ3) is 3.50. The average molecular weight is 490 g/mol. The number of hydrogen-bond donors (Lipinski definition) is 1. The summed E-state index contributed by atoms with van der Waals surface area (Å²) in [5.74, 6) is 0.947. The van der Waals surface area contributed by atoms with E-state index in [9.17, 15) is 4.39 Å². The number of aryl methyl sites for hydroxylation is 1. The highest BCUT2D eigenvalue weighted by molar-refractivity contribution is 14.1. The molecule has 1 aliphatic heterocycles. The van der Waals surface area contributed by atoms with Gasteiger partial charge in [-0.05, 0) is 47.2 Å². The number of aromatic nitrogens is 2. The number of fused-ring (bicyclic) bond motifs is 1. The van der Waals surface area contributed by atoms with Gasteiger partial charge in [-0.3, -0.25) is 0 Å². The molecule has 1 N–H and O–H groups in total. The highest BCUT2D eigenvalue weighted by Crippen LogP contribution is 2.36. The van der Waals surface area contributed by atoms with Crippen molar-refractivity contribution in [2.45, 2.75) is 13.5 Å². The predicted molar refractivity (Wildman–Crippen MR) is 117 cm³/mol. The lowest BCUT2D eigenvalue weighted by Crippen LogP contribution is -2.35. The third-order valence-electron chi connectivity index (χ3n) is 4.76. The van der Waals surface area contributed by atoms with Gasteiger partial charge in [-0.25, -0.2) is 14.4 Å². The fourth-order valence-electron chi connectivity index (χ4n) is 3.39. The Labute approximate surface area is 177 Å². The molecule has 1 aromatic heterocycles. The molecule has 0 unspecified atom stereocenters. The Hall–Kier alpha value is -2.42. The molecule has 1 aliphatic rings. The normalized spacial score (nSPS) is 13.1. The summed E-state index contributed by atoms with van der Waals surface area (Å²) in [6.07, 6.45) is 0. The largest absolute Gasteiger partial charge is 0.493 e. The first-order valence-corrected chi connectivity index (χ1v) is 10.1. The molecule has 0 atom stereocenters. The van der Waals surface area contributed by atoms with Gasteiger partial charge in [0, 0.05) is 19.6 Å². The maximum absolute atomic E-state index is 15.0. The van der Waals surface area contributed by atoms with Crippen molar-refractivity contribution in [3.8, 4) is 17.1 Å². The van der Waals surface area contributed by atoms with E-state index in [0.29, 0.717) is 15.0 Å². The predicted octanol–water partition coefficient (Wildman–Crippen LogP) is 4.64. The summed E-state index contributed by atoms with van der Waals surface area (Å²) in [6.45, 7) is 4.29. The summed E-state index contributed by atoms with van der Waals surface area (Å²) < 4.78 is 20.9. The lowest BCUT2D eigenvalue weighted by atomic mass is 10.1. The fraction of sp³-hybridized carbons (Fsp3) is 0.238. The van der Waals surface area contributed by atoms with E-state index in [1.54, 1.807) is 6.07 Å². The molecule has 7 heteroatoms. The minimum absolute atomic E-state index is 0.219. The summed E-state index contributed by atoms with van der Waals surface area (Å²) >= 11 is 2.05. The second-order valence-electron chi connectivity index (χ2n) is 6.61. The first-order chi connectivity index (χ1) is 13.6. The molecule has 5 nitrogen and oxygen atoms in total. The molecule has 4 rings (SSSR count). The molecule has 0 saturated heterocycles. The number of nitrogens with one attached hydrogen (secondary N) is 1. The monoisotopic (exact) mass is 490 g/mol. The van der Waals surface area contributed by atoms with Crippen molar-refractivity contribution in [1.82, 2.24) is 9.97 Å². The van der Waals surface area contributed by atoms with Crippen molar-refractivity contribution in [2.75, 3.05) is 30.4 Å². The molecule has 3 aromatic rings. The van der Waals surface area contributed by atoms with Crippen LogP contribution in [0.5, 0.6) is 5.75 Å². The number of anilines is 2. The van der Waals surface area contributed by atoms with E-state index >= 15 is 0 Å². The van der Waals surface area contributed by atoms with Crippen LogP contribution in [0.2, 0.25) is 0 Å². The molecule has 2 aromatic carbocycles. The highest BCUT2D eigenvalue weighted by atomic mass is 127. The zero-order valence-electron chi connectivity index (χ0n) is 15.7. The third-order valence-corrected chi connectivity index (χ3v) is 5.61. The quantitative estimate of drug-likeness (QED) is 0.541. The molecule has 0 aliphatic carbocycles. The number of nitrogens with zero attached hydrogens (tertiary/aromatic N) is 3. The van der Waals surface area contributed by atoms with Crippen LogP contribution in [0.15, 0.2) is 42.5 Å². The van der Waals surface area contributed by atoms with E-state index in [1.165, 1.54) is 12.7 Å². The van der Waals surface area contributed by atoms with Crippen LogP contribution >= 0.6 is 22.6 Å². The summed E-state index contributed by atoms with van der Waals surface area (Å²) in [5, 5.41) is 3.39. The van der Waals surface area contributed by atoms with E-state index in [0.717, 1.165) is 36.8 Å². The van der Waals surface area contributed by atoms with Crippen molar-refractivity contribution in [3.63, 3.8) is 0 Å². The Morgan fingerprint density at radius 3 is 2.71 bits per heavy atom. The van der Waals surface area contributed by atoms with Crippen LogP contribution < -0.4 is 15.0 Å². The average Bonchev–Trinajstić information content (AvgIpc) is 2.70. The van der Waals surface area contributed by atoms with Gasteiger partial charge in [0.1, 0.15) is 0 Å². The Bertz CT molecular complexity index is 1010. The zero-order valence-corrected chi connectivity index (χ0v) is 17.8.